The molecule has 1 aromatic rings. The number of carboxylic acids is 1. The van der Waals surface area contributed by atoms with Crippen LogP contribution in [0.5, 0.6) is 0 Å². The highest BCUT2D eigenvalue weighted by molar-refractivity contribution is 5.94. The van der Waals surface area contributed by atoms with Crippen LogP contribution in [0.15, 0.2) is 24.3 Å². The minimum absolute atomic E-state index is 0.0941. The average Bonchev–Trinajstić information content (AvgIpc) is 2.99. The lowest BCUT2D eigenvalue weighted by molar-refractivity contribution is -0.384. The van der Waals surface area contributed by atoms with Crippen molar-refractivity contribution in [2.75, 3.05) is 11.9 Å². The first-order valence-electron chi connectivity index (χ1n) is 6.84. The summed E-state index contributed by atoms with van der Waals surface area (Å²) in [6.07, 6.45) is 0.518. The fraction of sp³-hybridized carbons (Fsp3) is 0.429. The van der Waals surface area contributed by atoms with Crippen molar-refractivity contribution in [1.82, 2.24) is 0 Å². The predicted molar refractivity (Wildman–Crippen MR) is 73.8 cm³/mol. The van der Waals surface area contributed by atoms with E-state index in [1.54, 1.807) is 0 Å². The number of rotatable bonds is 6. The van der Waals surface area contributed by atoms with Gasteiger partial charge in [0.25, 0.3) is 5.69 Å². The predicted octanol–water partition coefficient (Wildman–Crippen LogP) is 0.468. The molecular formula is C14H15N2O6-. The summed E-state index contributed by atoms with van der Waals surface area (Å²) in [7, 11) is 0. The molecule has 1 amide bonds. The van der Waals surface area contributed by atoms with Crippen molar-refractivity contribution < 1.29 is 24.4 Å². The summed E-state index contributed by atoms with van der Waals surface area (Å²) in [4.78, 5) is 33.1. The van der Waals surface area contributed by atoms with E-state index in [0.717, 1.165) is 6.42 Å². The first-order chi connectivity index (χ1) is 10.5. The van der Waals surface area contributed by atoms with Crippen LogP contribution in [-0.2, 0) is 14.3 Å². The molecule has 2 atom stereocenters. The summed E-state index contributed by atoms with van der Waals surface area (Å²) in [5.41, 5.74) is 0.264. The molecule has 22 heavy (non-hydrogen) atoms. The van der Waals surface area contributed by atoms with Gasteiger partial charge in [-0.05, 0) is 25.0 Å². The van der Waals surface area contributed by atoms with Gasteiger partial charge in [-0.1, -0.05) is 0 Å². The number of carbonyl (C=O) groups excluding carboxylic acids is 2. The van der Waals surface area contributed by atoms with E-state index < -0.39 is 35.2 Å². The maximum Gasteiger partial charge on any atom is 0.269 e. The van der Waals surface area contributed by atoms with Crippen LogP contribution in [0.1, 0.15) is 19.3 Å². The molecule has 0 aliphatic carbocycles. The highest BCUT2D eigenvalue weighted by atomic mass is 16.6. The second-order valence-electron chi connectivity index (χ2n) is 5.03. The smallest absolute Gasteiger partial charge is 0.269 e. The summed E-state index contributed by atoms with van der Waals surface area (Å²) >= 11 is 0. The number of carboxylic acid groups (broad SMARTS) is 1. The van der Waals surface area contributed by atoms with Crippen LogP contribution in [0.25, 0.3) is 0 Å². The summed E-state index contributed by atoms with van der Waals surface area (Å²) < 4.78 is 5.38. The molecule has 2 rings (SSSR count). The Balaban J connectivity index is 2.06. The number of anilines is 1. The lowest BCUT2D eigenvalue weighted by atomic mass is 9.95. The third-order valence-corrected chi connectivity index (χ3v) is 3.48. The molecule has 1 fully saturated rings. The number of carbonyl (C=O) groups is 2. The van der Waals surface area contributed by atoms with Crippen LogP contribution in [0.2, 0.25) is 0 Å². The van der Waals surface area contributed by atoms with E-state index in [9.17, 15) is 24.8 Å². The van der Waals surface area contributed by atoms with Crippen molar-refractivity contribution in [2.24, 2.45) is 5.92 Å². The molecule has 0 saturated carbocycles. The molecule has 0 radical (unpaired) electrons. The van der Waals surface area contributed by atoms with E-state index in [1.165, 1.54) is 24.3 Å². The van der Waals surface area contributed by atoms with Gasteiger partial charge in [-0.25, -0.2) is 0 Å². The molecule has 0 spiro atoms. The molecule has 0 unspecified atom stereocenters. The molecule has 118 valence electrons. The van der Waals surface area contributed by atoms with Crippen molar-refractivity contribution in [1.29, 1.82) is 0 Å². The highest BCUT2D eigenvalue weighted by Crippen LogP contribution is 2.25. The van der Waals surface area contributed by atoms with Crippen LogP contribution in [-0.4, -0.2) is 29.5 Å². The molecule has 1 aromatic carbocycles. The highest BCUT2D eigenvalue weighted by Gasteiger charge is 2.31. The van der Waals surface area contributed by atoms with Crippen molar-refractivity contribution in [3.05, 3.63) is 34.4 Å². The monoisotopic (exact) mass is 307 g/mol. The lowest BCUT2D eigenvalue weighted by Crippen LogP contribution is -2.38. The van der Waals surface area contributed by atoms with Gasteiger partial charge in [0.1, 0.15) is 0 Å². The SMILES string of the molecule is O=C([O-])C[C@H](C(=O)Nc1ccc([N+](=O)[O-])cc1)[C@H]1CCCO1. The van der Waals surface area contributed by atoms with Crippen molar-refractivity contribution >= 4 is 23.3 Å². The number of nitro groups is 1. The Morgan fingerprint density at radius 1 is 1.36 bits per heavy atom. The molecule has 8 nitrogen and oxygen atoms in total. The van der Waals surface area contributed by atoms with Gasteiger partial charge in [0.05, 0.1) is 16.9 Å². The molecule has 8 heteroatoms. The minimum atomic E-state index is -1.32. The number of aliphatic carboxylic acids is 1. The number of hydrogen-bond donors (Lipinski definition) is 1. The van der Waals surface area contributed by atoms with Gasteiger partial charge < -0.3 is 20.0 Å². The Labute approximate surface area is 126 Å². The third kappa shape index (κ3) is 4.01. The zero-order valence-corrected chi connectivity index (χ0v) is 11.7. The first kappa shape index (κ1) is 15.9. The molecule has 1 saturated heterocycles. The largest absolute Gasteiger partial charge is 0.550 e. The molecule has 0 bridgehead atoms. The summed E-state index contributed by atoms with van der Waals surface area (Å²) in [5.74, 6) is -2.66. The average molecular weight is 307 g/mol. The fourth-order valence-corrected chi connectivity index (χ4v) is 2.39. The van der Waals surface area contributed by atoms with Gasteiger partial charge in [-0.2, -0.15) is 0 Å². The van der Waals surface area contributed by atoms with Crippen molar-refractivity contribution in [2.45, 2.75) is 25.4 Å². The van der Waals surface area contributed by atoms with Gasteiger partial charge >= 0.3 is 0 Å². The Bertz CT molecular complexity index is 565. The van der Waals surface area contributed by atoms with Crippen LogP contribution in [0.3, 0.4) is 0 Å². The van der Waals surface area contributed by atoms with Gasteiger partial charge in [0.15, 0.2) is 0 Å². The maximum absolute atomic E-state index is 12.2. The van der Waals surface area contributed by atoms with Crippen LogP contribution in [0.4, 0.5) is 11.4 Å². The van der Waals surface area contributed by atoms with E-state index in [2.05, 4.69) is 5.32 Å². The number of amides is 1. The van der Waals surface area contributed by atoms with Gasteiger partial charge in [0, 0.05) is 36.8 Å². The number of nitro benzene ring substituents is 1. The Morgan fingerprint density at radius 2 is 2.05 bits per heavy atom. The number of hydrogen-bond acceptors (Lipinski definition) is 6. The molecular weight excluding hydrogens is 292 g/mol. The number of non-ortho nitro benzene ring substituents is 1. The number of nitrogens with one attached hydrogen (secondary N) is 1. The molecule has 0 aromatic heterocycles. The fourth-order valence-electron chi connectivity index (χ4n) is 2.39. The number of ether oxygens (including phenoxy) is 1. The minimum Gasteiger partial charge on any atom is -0.550 e. The standard InChI is InChI=1S/C14H16N2O6/c17-13(18)8-11(12-2-1-7-22-12)14(19)15-9-3-5-10(6-4-9)16(20)21/h3-6,11-12H,1-2,7-8H2,(H,15,19)(H,17,18)/p-1/t11-,12+/m0/s1. The van der Waals surface area contributed by atoms with Gasteiger partial charge in [-0.15, -0.1) is 0 Å². The summed E-state index contributed by atoms with van der Waals surface area (Å²) in [6, 6.07) is 5.30. The van der Waals surface area contributed by atoms with Crippen molar-refractivity contribution in [3.8, 4) is 0 Å². The molecule has 1 heterocycles. The van der Waals surface area contributed by atoms with E-state index in [4.69, 9.17) is 4.74 Å². The number of benzene rings is 1. The second kappa shape index (κ2) is 6.99. The van der Waals surface area contributed by atoms with Crippen LogP contribution >= 0.6 is 0 Å². The van der Waals surface area contributed by atoms with E-state index >= 15 is 0 Å². The molecule has 1 aliphatic heterocycles. The van der Waals surface area contributed by atoms with Crippen molar-refractivity contribution in [3.63, 3.8) is 0 Å². The van der Waals surface area contributed by atoms with E-state index in [1.807, 2.05) is 0 Å². The summed E-state index contributed by atoms with van der Waals surface area (Å²) in [6.45, 7) is 0.499. The zero-order valence-electron chi connectivity index (χ0n) is 11.7. The third-order valence-electron chi connectivity index (χ3n) is 3.48. The first-order valence-corrected chi connectivity index (χ1v) is 6.84. The Hall–Kier alpha value is -2.48. The molecule has 1 aliphatic rings. The zero-order chi connectivity index (χ0) is 16.1. The Kier molecular flexibility index (Phi) is 5.05. The summed E-state index contributed by atoms with van der Waals surface area (Å²) in [5, 5.41) is 23.9. The van der Waals surface area contributed by atoms with Gasteiger partial charge in [0.2, 0.25) is 5.91 Å². The normalized spacial score (nSPS) is 18.6. The van der Waals surface area contributed by atoms with E-state index in [-0.39, 0.29) is 5.69 Å². The quantitative estimate of drug-likeness (QED) is 0.602. The van der Waals surface area contributed by atoms with Crippen LogP contribution in [0, 0.1) is 16.0 Å². The maximum atomic E-state index is 12.2. The molecule has 1 N–H and O–H groups in total. The number of nitrogens with zero attached hydrogens (tertiary/aromatic N) is 1. The Morgan fingerprint density at radius 3 is 2.55 bits per heavy atom. The second-order valence-corrected chi connectivity index (χ2v) is 5.03. The van der Waals surface area contributed by atoms with Crippen LogP contribution < -0.4 is 10.4 Å². The lowest BCUT2D eigenvalue weighted by Gasteiger charge is -2.22. The van der Waals surface area contributed by atoms with E-state index in [0.29, 0.717) is 18.7 Å². The topological polar surface area (TPSA) is 122 Å². The van der Waals surface area contributed by atoms with Gasteiger partial charge in [-0.3, -0.25) is 14.9 Å².